The summed E-state index contributed by atoms with van der Waals surface area (Å²) in [6, 6.07) is 0. The predicted molar refractivity (Wildman–Crippen MR) is 63.0 cm³/mol. The first-order valence-electron chi connectivity index (χ1n) is 6.05. The van der Waals surface area contributed by atoms with Gasteiger partial charge in [-0.15, -0.1) is 0 Å². The van der Waals surface area contributed by atoms with Crippen LogP contribution in [0.25, 0.3) is 0 Å². The van der Waals surface area contributed by atoms with Crippen LogP contribution in [0.3, 0.4) is 0 Å². The molecule has 0 amide bonds. The molecule has 0 aromatic rings. The molecule has 0 radical (unpaired) electrons. The minimum absolute atomic E-state index is 0.0850. The first-order chi connectivity index (χ1) is 8.19. The summed E-state index contributed by atoms with van der Waals surface area (Å²) < 4.78 is 27.7. The van der Waals surface area contributed by atoms with Crippen molar-refractivity contribution in [2.24, 2.45) is 0 Å². The van der Waals surface area contributed by atoms with Crippen LogP contribution >= 0.6 is 0 Å². The fraction of sp³-hybridized carbons (Fsp3) is 1.00. The molecule has 0 aliphatic carbocycles. The summed E-state index contributed by atoms with van der Waals surface area (Å²) in [6.07, 6.45) is -0.123. The zero-order valence-electron chi connectivity index (χ0n) is 11.3. The van der Waals surface area contributed by atoms with Crippen molar-refractivity contribution >= 4 is 0 Å². The van der Waals surface area contributed by atoms with Crippen LogP contribution in [0.2, 0.25) is 0 Å². The number of methoxy groups -OCH3 is 3. The van der Waals surface area contributed by atoms with Crippen LogP contribution in [0, 0.1) is 0 Å². The van der Waals surface area contributed by atoms with Crippen molar-refractivity contribution < 1.29 is 23.7 Å². The Morgan fingerprint density at radius 2 is 1.59 bits per heavy atom. The van der Waals surface area contributed by atoms with E-state index in [9.17, 15) is 0 Å². The molecule has 0 aromatic carbocycles. The molecule has 1 aliphatic rings. The fourth-order valence-corrected chi connectivity index (χ4v) is 2.18. The van der Waals surface area contributed by atoms with Crippen molar-refractivity contribution in [3.8, 4) is 0 Å². The summed E-state index contributed by atoms with van der Waals surface area (Å²) in [5.74, 6) is 0. The number of ether oxygens (including phenoxy) is 5. The molecule has 0 saturated carbocycles. The third kappa shape index (κ3) is 3.39. The van der Waals surface area contributed by atoms with E-state index in [1.54, 1.807) is 21.3 Å². The lowest BCUT2D eigenvalue weighted by atomic mass is 9.99. The standard InChI is InChI=1S/C12H24O5/c1-6-7-16-10-9(13-3)8(2)17-12(15-5)11(10)14-4/h8-12H,6-7H2,1-5H3/t8-,9-,10+,11+,12+/m0/s1. The van der Waals surface area contributed by atoms with Gasteiger partial charge in [-0.25, -0.2) is 0 Å². The van der Waals surface area contributed by atoms with E-state index >= 15 is 0 Å². The molecule has 0 aromatic heterocycles. The van der Waals surface area contributed by atoms with Gasteiger partial charge in [-0.2, -0.15) is 0 Å². The Morgan fingerprint density at radius 3 is 2.06 bits per heavy atom. The minimum atomic E-state index is -0.414. The number of rotatable bonds is 6. The van der Waals surface area contributed by atoms with Gasteiger partial charge in [0, 0.05) is 27.9 Å². The van der Waals surface area contributed by atoms with Gasteiger partial charge in [0.1, 0.15) is 18.3 Å². The van der Waals surface area contributed by atoms with E-state index < -0.39 is 6.29 Å². The molecule has 1 aliphatic heterocycles. The summed E-state index contributed by atoms with van der Waals surface area (Å²) >= 11 is 0. The average molecular weight is 248 g/mol. The van der Waals surface area contributed by atoms with E-state index in [-0.39, 0.29) is 24.4 Å². The largest absolute Gasteiger partial charge is 0.376 e. The van der Waals surface area contributed by atoms with Gasteiger partial charge in [-0.05, 0) is 13.3 Å². The van der Waals surface area contributed by atoms with E-state index in [1.807, 2.05) is 6.92 Å². The van der Waals surface area contributed by atoms with E-state index in [4.69, 9.17) is 23.7 Å². The van der Waals surface area contributed by atoms with Gasteiger partial charge in [-0.3, -0.25) is 0 Å². The normalized spacial score (nSPS) is 38.3. The van der Waals surface area contributed by atoms with Crippen LogP contribution in [-0.4, -0.2) is 58.6 Å². The van der Waals surface area contributed by atoms with Crippen molar-refractivity contribution in [3.05, 3.63) is 0 Å². The Hall–Kier alpha value is -0.200. The lowest BCUT2D eigenvalue weighted by Crippen LogP contribution is -2.59. The van der Waals surface area contributed by atoms with Crippen LogP contribution < -0.4 is 0 Å². The molecule has 102 valence electrons. The second kappa shape index (κ2) is 7.28. The molecule has 0 bridgehead atoms. The first kappa shape index (κ1) is 14.9. The van der Waals surface area contributed by atoms with Gasteiger partial charge in [0.25, 0.3) is 0 Å². The maximum atomic E-state index is 5.83. The van der Waals surface area contributed by atoms with E-state index in [0.29, 0.717) is 6.61 Å². The summed E-state index contributed by atoms with van der Waals surface area (Å²) in [7, 11) is 4.89. The van der Waals surface area contributed by atoms with Gasteiger partial charge in [0.15, 0.2) is 6.29 Å². The smallest absolute Gasteiger partial charge is 0.186 e. The summed E-state index contributed by atoms with van der Waals surface area (Å²) in [5, 5.41) is 0. The van der Waals surface area contributed by atoms with Crippen molar-refractivity contribution in [1.29, 1.82) is 0 Å². The molecule has 1 saturated heterocycles. The zero-order valence-corrected chi connectivity index (χ0v) is 11.3. The first-order valence-corrected chi connectivity index (χ1v) is 6.05. The quantitative estimate of drug-likeness (QED) is 0.707. The highest BCUT2D eigenvalue weighted by Crippen LogP contribution is 2.27. The number of hydrogen-bond acceptors (Lipinski definition) is 5. The van der Waals surface area contributed by atoms with Crippen LogP contribution in [0.4, 0.5) is 0 Å². The van der Waals surface area contributed by atoms with Crippen molar-refractivity contribution in [3.63, 3.8) is 0 Å². The second-order valence-electron chi connectivity index (χ2n) is 4.18. The topological polar surface area (TPSA) is 46.2 Å². The van der Waals surface area contributed by atoms with Gasteiger partial charge in [0.05, 0.1) is 6.10 Å². The zero-order chi connectivity index (χ0) is 12.8. The molecular formula is C12H24O5. The Kier molecular flexibility index (Phi) is 6.37. The average Bonchev–Trinajstić information content (AvgIpc) is 2.35. The second-order valence-corrected chi connectivity index (χ2v) is 4.18. The molecule has 1 rings (SSSR count). The van der Waals surface area contributed by atoms with E-state index in [2.05, 4.69) is 6.92 Å². The highest BCUT2D eigenvalue weighted by Gasteiger charge is 2.45. The van der Waals surface area contributed by atoms with Gasteiger partial charge in [-0.1, -0.05) is 6.92 Å². The molecule has 0 unspecified atom stereocenters. The maximum absolute atomic E-state index is 5.83. The van der Waals surface area contributed by atoms with Crippen LogP contribution in [0.15, 0.2) is 0 Å². The molecular weight excluding hydrogens is 224 g/mol. The van der Waals surface area contributed by atoms with Crippen molar-refractivity contribution in [2.75, 3.05) is 27.9 Å². The van der Waals surface area contributed by atoms with E-state index in [0.717, 1.165) is 6.42 Å². The SMILES string of the molecule is CCCO[C@@H]1[C@@H](OC)[C@H](C)O[C@@H](OC)[C@@H]1OC. The Morgan fingerprint density at radius 1 is 0.941 bits per heavy atom. The summed E-state index contributed by atoms with van der Waals surface area (Å²) in [5.41, 5.74) is 0. The highest BCUT2D eigenvalue weighted by atomic mass is 16.7. The Bertz CT molecular complexity index is 211. The van der Waals surface area contributed by atoms with E-state index in [1.165, 1.54) is 0 Å². The molecule has 0 N–H and O–H groups in total. The third-order valence-corrected chi connectivity index (χ3v) is 3.02. The monoisotopic (exact) mass is 248 g/mol. The van der Waals surface area contributed by atoms with Gasteiger partial charge < -0.3 is 23.7 Å². The number of hydrogen-bond donors (Lipinski definition) is 0. The summed E-state index contributed by atoms with van der Waals surface area (Å²) in [6.45, 7) is 4.70. The van der Waals surface area contributed by atoms with Crippen molar-refractivity contribution in [1.82, 2.24) is 0 Å². The molecule has 1 heterocycles. The predicted octanol–water partition coefficient (Wildman–Crippen LogP) is 1.20. The molecule has 17 heavy (non-hydrogen) atoms. The van der Waals surface area contributed by atoms with Crippen LogP contribution in [0.1, 0.15) is 20.3 Å². The lowest BCUT2D eigenvalue weighted by Gasteiger charge is -2.43. The highest BCUT2D eigenvalue weighted by molar-refractivity contribution is 4.90. The van der Waals surface area contributed by atoms with Crippen LogP contribution in [-0.2, 0) is 23.7 Å². The van der Waals surface area contributed by atoms with Crippen LogP contribution in [0.5, 0.6) is 0 Å². The van der Waals surface area contributed by atoms with Gasteiger partial charge in [0.2, 0.25) is 0 Å². The lowest BCUT2D eigenvalue weighted by molar-refractivity contribution is -0.302. The fourth-order valence-electron chi connectivity index (χ4n) is 2.18. The molecule has 0 spiro atoms. The molecule has 5 atom stereocenters. The molecule has 1 fully saturated rings. The Balaban J connectivity index is 2.78. The Labute approximate surface area is 103 Å². The third-order valence-electron chi connectivity index (χ3n) is 3.02. The minimum Gasteiger partial charge on any atom is -0.376 e. The molecule has 5 heteroatoms. The van der Waals surface area contributed by atoms with Crippen molar-refractivity contribution in [2.45, 2.75) is 51.0 Å². The maximum Gasteiger partial charge on any atom is 0.186 e. The molecule has 5 nitrogen and oxygen atoms in total. The van der Waals surface area contributed by atoms with Gasteiger partial charge >= 0.3 is 0 Å². The summed E-state index contributed by atoms with van der Waals surface area (Å²) in [4.78, 5) is 0.